The summed E-state index contributed by atoms with van der Waals surface area (Å²) in [7, 11) is 0. The molecule has 4 aromatic rings. The molecule has 0 saturated carbocycles. The van der Waals surface area contributed by atoms with Gasteiger partial charge in [0.1, 0.15) is 5.82 Å². The van der Waals surface area contributed by atoms with E-state index in [1.54, 1.807) is 0 Å². The Labute approximate surface area is 156 Å². The monoisotopic (exact) mass is 366 g/mol. The number of aromatic nitrogens is 6. The van der Waals surface area contributed by atoms with E-state index in [-0.39, 0.29) is 0 Å². The zero-order valence-electron chi connectivity index (χ0n) is 14.7. The molecule has 0 radical (unpaired) electrons. The number of hydrogen-bond donors (Lipinski definition) is 1. The largest absolute Gasteiger partial charge is 0.294 e. The van der Waals surface area contributed by atoms with Crippen LogP contribution in [-0.2, 0) is 6.42 Å². The van der Waals surface area contributed by atoms with E-state index in [1.807, 2.05) is 36.4 Å². The summed E-state index contributed by atoms with van der Waals surface area (Å²) >= 11 is 6.54. The number of para-hydroxylation sites is 1. The van der Waals surface area contributed by atoms with E-state index in [4.69, 9.17) is 16.6 Å². The molecule has 0 aliphatic rings. The molecule has 2 heterocycles. The molecule has 1 N–H and O–H groups in total. The van der Waals surface area contributed by atoms with Crippen molar-refractivity contribution >= 4 is 22.6 Å². The first-order valence-electron chi connectivity index (χ1n) is 8.70. The third-order valence-corrected chi connectivity index (χ3v) is 4.83. The Kier molecular flexibility index (Phi) is 4.42. The van der Waals surface area contributed by atoms with Crippen LogP contribution < -0.4 is 0 Å². The summed E-state index contributed by atoms with van der Waals surface area (Å²) in [6.07, 6.45) is 3.04. The maximum absolute atomic E-state index is 6.54. The van der Waals surface area contributed by atoms with Gasteiger partial charge in [-0.2, -0.15) is 5.21 Å². The molecule has 0 saturated heterocycles. The SMILES string of the molecule is CCCCc1nc2c(C)ccc(-c3nn[nH]n3)c2n1-c1ccccc1Cl. The molecule has 26 heavy (non-hydrogen) atoms. The van der Waals surface area contributed by atoms with Gasteiger partial charge in [0.2, 0.25) is 5.82 Å². The molecular formula is C19H19ClN6. The van der Waals surface area contributed by atoms with Crippen molar-refractivity contribution in [1.29, 1.82) is 0 Å². The number of rotatable bonds is 5. The van der Waals surface area contributed by atoms with Crippen molar-refractivity contribution in [2.75, 3.05) is 0 Å². The predicted octanol–water partition coefficient (Wildman–Crippen LogP) is 4.51. The second-order valence-corrected chi connectivity index (χ2v) is 6.69. The molecule has 0 amide bonds. The maximum atomic E-state index is 6.54. The number of aromatic amines is 1. The van der Waals surface area contributed by atoms with E-state index >= 15 is 0 Å². The fourth-order valence-electron chi connectivity index (χ4n) is 3.21. The summed E-state index contributed by atoms with van der Waals surface area (Å²) in [4.78, 5) is 4.96. The van der Waals surface area contributed by atoms with Crippen molar-refractivity contribution in [3.63, 3.8) is 0 Å². The molecule has 0 atom stereocenters. The summed E-state index contributed by atoms with van der Waals surface area (Å²) < 4.78 is 2.14. The maximum Gasteiger partial charge on any atom is 0.206 e. The minimum Gasteiger partial charge on any atom is -0.294 e. The summed E-state index contributed by atoms with van der Waals surface area (Å²) in [5.74, 6) is 1.54. The van der Waals surface area contributed by atoms with Gasteiger partial charge in [0.25, 0.3) is 0 Å². The van der Waals surface area contributed by atoms with Crippen LogP contribution in [0.15, 0.2) is 36.4 Å². The number of fused-ring (bicyclic) bond motifs is 1. The van der Waals surface area contributed by atoms with Gasteiger partial charge in [-0.25, -0.2) is 4.98 Å². The van der Waals surface area contributed by atoms with E-state index in [1.165, 1.54) is 0 Å². The number of halogens is 1. The number of nitrogens with zero attached hydrogens (tertiary/aromatic N) is 5. The lowest BCUT2D eigenvalue weighted by molar-refractivity contribution is 0.744. The predicted molar refractivity (Wildman–Crippen MR) is 103 cm³/mol. The lowest BCUT2D eigenvalue weighted by Crippen LogP contribution is -2.03. The molecule has 132 valence electrons. The van der Waals surface area contributed by atoms with Crippen LogP contribution in [0, 0.1) is 6.92 Å². The van der Waals surface area contributed by atoms with Crippen molar-refractivity contribution in [2.45, 2.75) is 33.1 Å². The number of H-pyrrole nitrogens is 1. The number of hydrogen-bond acceptors (Lipinski definition) is 4. The van der Waals surface area contributed by atoms with E-state index in [9.17, 15) is 0 Å². The summed E-state index contributed by atoms with van der Waals surface area (Å²) in [5, 5.41) is 15.3. The molecule has 0 aliphatic carbocycles. The highest BCUT2D eigenvalue weighted by Crippen LogP contribution is 2.34. The Balaban J connectivity index is 2.09. The molecule has 0 unspecified atom stereocenters. The van der Waals surface area contributed by atoms with Gasteiger partial charge < -0.3 is 0 Å². The van der Waals surface area contributed by atoms with Crippen LogP contribution >= 0.6 is 11.6 Å². The topological polar surface area (TPSA) is 72.3 Å². The summed E-state index contributed by atoms with van der Waals surface area (Å²) in [6.45, 7) is 4.24. The van der Waals surface area contributed by atoms with E-state index in [2.05, 4.69) is 39.0 Å². The first-order chi connectivity index (χ1) is 12.7. The van der Waals surface area contributed by atoms with E-state index in [0.29, 0.717) is 10.8 Å². The van der Waals surface area contributed by atoms with Crippen LogP contribution in [0.5, 0.6) is 0 Å². The van der Waals surface area contributed by atoms with Crippen LogP contribution in [0.25, 0.3) is 28.1 Å². The molecular weight excluding hydrogens is 348 g/mol. The second kappa shape index (κ2) is 6.88. The number of imidazole rings is 1. The zero-order chi connectivity index (χ0) is 18.1. The number of benzene rings is 2. The molecule has 0 spiro atoms. The van der Waals surface area contributed by atoms with E-state index in [0.717, 1.165) is 52.9 Å². The Morgan fingerprint density at radius 1 is 1.15 bits per heavy atom. The van der Waals surface area contributed by atoms with Gasteiger partial charge in [0.15, 0.2) is 0 Å². The number of nitrogens with one attached hydrogen (secondary N) is 1. The number of unbranched alkanes of at least 4 members (excludes halogenated alkanes) is 1. The van der Waals surface area contributed by atoms with Gasteiger partial charge in [-0.15, -0.1) is 10.2 Å². The van der Waals surface area contributed by atoms with Crippen LogP contribution in [0.4, 0.5) is 0 Å². The minimum absolute atomic E-state index is 0.547. The molecule has 0 aliphatic heterocycles. The van der Waals surface area contributed by atoms with Gasteiger partial charge >= 0.3 is 0 Å². The Bertz CT molecular complexity index is 1050. The third kappa shape index (κ3) is 2.76. The quantitative estimate of drug-likeness (QED) is 0.564. The van der Waals surface area contributed by atoms with Gasteiger partial charge in [-0.1, -0.05) is 43.1 Å². The smallest absolute Gasteiger partial charge is 0.206 e. The molecule has 0 bridgehead atoms. The first kappa shape index (κ1) is 16.7. The van der Waals surface area contributed by atoms with Crippen molar-refractivity contribution in [3.8, 4) is 17.1 Å². The Hall–Kier alpha value is -2.73. The molecule has 6 nitrogen and oxygen atoms in total. The van der Waals surface area contributed by atoms with Gasteiger partial charge in [-0.3, -0.25) is 4.57 Å². The minimum atomic E-state index is 0.547. The number of aryl methyl sites for hydroxylation is 2. The molecule has 0 fully saturated rings. The van der Waals surface area contributed by atoms with Crippen LogP contribution in [0.1, 0.15) is 31.2 Å². The fraction of sp³-hybridized carbons (Fsp3) is 0.263. The van der Waals surface area contributed by atoms with Crippen molar-refractivity contribution < 1.29 is 0 Å². The highest BCUT2D eigenvalue weighted by molar-refractivity contribution is 6.32. The van der Waals surface area contributed by atoms with Crippen LogP contribution in [-0.4, -0.2) is 30.2 Å². The third-order valence-electron chi connectivity index (χ3n) is 4.51. The van der Waals surface area contributed by atoms with Crippen molar-refractivity contribution in [2.24, 2.45) is 0 Å². The van der Waals surface area contributed by atoms with Crippen molar-refractivity contribution in [1.82, 2.24) is 30.2 Å². The molecule has 2 aromatic heterocycles. The highest BCUT2D eigenvalue weighted by Gasteiger charge is 2.20. The summed E-state index contributed by atoms with van der Waals surface area (Å²) in [6, 6.07) is 11.9. The lowest BCUT2D eigenvalue weighted by Gasteiger charge is -2.12. The second-order valence-electron chi connectivity index (χ2n) is 6.28. The van der Waals surface area contributed by atoms with Gasteiger partial charge in [0.05, 0.1) is 21.7 Å². The Morgan fingerprint density at radius 2 is 2.00 bits per heavy atom. The highest BCUT2D eigenvalue weighted by atomic mass is 35.5. The molecule has 2 aromatic carbocycles. The standard InChI is InChI=1S/C19H19ClN6/c1-3-4-9-16-21-17-12(2)10-11-13(19-22-24-25-23-19)18(17)26(16)15-8-6-5-7-14(15)20/h5-8,10-11H,3-4,9H2,1-2H3,(H,22,23,24,25). The Morgan fingerprint density at radius 3 is 2.73 bits per heavy atom. The molecule has 7 heteroatoms. The van der Waals surface area contributed by atoms with Gasteiger partial charge in [-0.05, 0) is 42.3 Å². The zero-order valence-corrected chi connectivity index (χ0v) is 15.5. The van der Waals surface area contributed by atoms with Crippen LogP contribution in [0.2, 0.25) is 5.02 Å². The van der Waals surface area contributed by atoms with E-state index < -0.39 is 0 Å². The lowest BCUT2D eigenvalue weighted by atomic mass is 10.1. The average molecular weight is 367 g/mol. The fourth-order valence-corrected chi connectivity index (χ4v) is 3.43. The first-order valence-corrected chi connectivity index (χ1v) is 9.08. The number of tetrazole rings is 1. The summed E-state index contributed by atoms with van der Waals surface area (Å²) in [5.41, 5.74) is 4.81. The normalized spacial score (nSPS) is 11.3. The van der Waals surface area contributed by atoms with Gasteiger partial charge in [0, 0.05) is 12.0 Å². The van der Waals surface area contributed by atoms with Crippen molar-refractivity contribution in [3.05, 3.63) is 52.8 Å². The molecule has 4 rings (SSSR count). The van der Waals surface area contributed by atoms with Crippen LogP contribution in [0.3, 0.4) is 0 Å². The average Bonchev–Trinajstić information content (AvgIpc) is 3.29.